The van der Waals surface area contributed by atoms with Crippen molar-refractivity contribution in [3.05, 3.63) is 101 Å². The number of hydrogen-bond acceptors (Lipinski definition) is 9. The van der Waals surface area contributed by atoms with Crippen molar-refractivity contribution >= 4 is 40.5 Å². The average Bonchev–Trinajstić information content (AvgIpc) is 3.14. The Morgan fingerprint density at radius 1 is 0.549 bits per heavy atom. The van der Waals surface area contributed by atoms with E-state index in [1.54, 1.807) is 24.3 Å². The normalized spacial score (nSPS) is 11.1. The van der Waals surface area contributed by atoms with Crippen molar-refractivity contribution in [3.8, 4) is 0 Å². The molecule has 0 aromatic heterocycles. The van der Waals surface area contributed by atoms with Crippen LogP contribution in [-0.2, 0) is 24.7 Å². The van der Waals surface area contributed by atoms with E-state index in [0.29, 0.717) is 49.2 Å². The lowest BCUT2D eigenvalue weighted by atomic mass is 10.0. The third kappa shape index (κ3) is 16.6. The first-order valence-corrected chi connectivity index (χ1v) is 19.3. The highest BCUT2D eigenvalue weighted by molar-refractivity contribution is 8.07. The zero-order valence-corrected chi connectivity index (χ0v) is 31.6. The summed E-state index contributed by atoms with van der Waals surface area (Å²) in [6.07, 6.45) is 15.7. The Balaban J connectivity index is 2.39. The number of carbonyl (C=O) groups is 4. The van der Waals surface area contributed by atoms with Gasteiger partial charge in [-0.1, -0.05) is 58.3 Å². The molecule has 0 amide bonds. The Bertz CT molecular complexity index is 1460. The van der Waals surface area contributed by atoms with Crippen LogP contribution in [0.3, 0.4) is 0 Å². The molecule has 0 aliphatic rings. The summed E-state index contributed by atoms with van der Waals surface area (Å²) in [5, 5.41) is 0. The smallest absolute Gasteiger partial charge is 0.338 e. The van der Waals surface area contributed by atoms with Gasteiger partial charge in [0.05, 0.1) is 48.7 Å². The van der Waals surface area contributed by atoms with Crippen LogP contribution in [0.5, 0.6) is 0 Å². The van der Waals surface area contributed by atoms with Gasteiger partial charge in [0, 0.05) is 10.7 Å². The maximum atomic E-state index is 13.2. The van der Waals surface area contributed by atoms with Crippen molar-refractivity contribution in [2.75, 3.05) is 26.4 Å². The zero-order chi connectivity index (χ0) is 37.3. The predicted molar refractivity (Wildman–Crippen MR) is 206 cm³/mol. The van der Waals surface area contributed by atoms with E-state index in [1.165, 1.54) is 23.9 Å². The third-order valence-corrected chi connectivity index (χ3v) is 8.87. The molecule has 0 atom stereocenters. The van der Waals surface area contributed by atoms with Gasteiger partial charge >= 0.3 is 23.9 Å². The molecule has 8 nitrogen and oxygen atoms in total. The molecule has 51 heavy (non-hydrogen) atoms. The highest BCUT2D eigenvalue weighted by Crippen LogP contribution is 2.33. The zero-order valence-electron chi connectivity index (χ0n) is 30.8. The number of ether oxygens (including phenoxy) is 4. The van der Waals surface area contributed by atoms with E-state index in [-0.39, 0.29) is 42.1 Å². The van der Waals surface area contributed by atoms with Crippen LogP contribution in [-0.4, -0.2) is 50.3 Å². The van der Waals surface area contributed by atoms with Gasteiger partial charge < -0.3 is 18.9 Å². The standard InChI is InChI=1S/C42H56O8S/c1-6-11-14-17-22-48-40(44)35-26-32(25-34(29-35)39(43)47-21-10-5)31-51-38(20-9-4)33-27-36(41(45)49-23-18-15-12-7-2)30-37(28-33)42(46)50-24-19-16-13-8-3/h6-7,20,25-30H,1-2,8-19,21-24,31H2,3-5H3/b38-20-. The second kappa shape index (κ2) is 25.8. The number of allylic oxidation sites excluding steroid dienone is 3. The lowest BCUT2D eigenvalue weighted by molar-refractivity contribution is 0.0479. The van der Waals surface area contributed by atoms with Crippen molar-refractivity contribution in [3.63, 3.8) is 0 Å². The summed E-state index contributed by atoms with van der Waals surface area (Å²) in [5.41, 5.74) is 2.44. The Kier molecular flexibility index (Phi) is 21.8. The number of hydrogen-bond donors (Lipinski definition) is 0. The van der Waals surface area contributed by atoms with Crippen molar-refractivity contribution in [1.29, 1.82) is 0 Å². The van der Waals surface area contributed by atoms with Crippen LogP contribution < -0.4 is 0 Å². The van der Waals surface area contributed by atoms with Crippen LogP contribution in [0.4, 0.5) is 0 Å². The fraction of sp³-hybridized carbons (Fsp3) is 0.476. The topological polar surface area (TPSA) is 105 Å². The molecule has 0 aliphatic carbocycles. The van der Waals surface area contributed by atoms with Crippen LogP contribution in [0, 0.1) is 0 Å². The van der Waals surface area contributed by atoms with E-state index >= 15 is 0 Å². The second-order valence-electron chi connectivity index (χ2n) is 12.2. The van der Waals surface area contributed by atoms with Crippen LogP contribution >= 0.6 is 11.8 Å². The van der Waals surface area contributed by atoms with Gasteiger partial charge in [0.15, 0.2) is 0 Å². The Morgan fingerprint density at radius 2 is 0.980 bits per heavy atom. The minimum atomic E-state index is -0.515. The molecule has 9 heteroatoms. The van der Waals surface area contributed by atoms with E-state index in [0.717, 1.165) is 56.3 Å². The molecule has 0 N–H and O–H groups in total. The Hall–Kier alpha value is -4.11. The molecule has 0 saturated heterocycles. The quantitative estimate of drug-likeness (QED) is 0.0406. The highest BCUT2D eigenvalue weighted by atomic mass is 32.2. The first-order valence-electron chi connectivity index (χ1n) is 18.3. The van der Waals surface area contributed by atoms with Crippen molar-refractivity contribution in [2.24, 2.45) is 0 Å². The number of rotatable bonds is 26. The van der Waals surface area contributed by atoms with Gasteiger partial charge in [-0.05, 0) is 105 Å². The minimum absolute atomic E-state index is 0.260. The molecule has 0 saturated carbocycles. The first-order chi connectivity index (χ1) is 24.8. The van der Waals surface area contributed by atoms with Crippen LogP contribution in [0.25, 0.3) is 4.91 Å². The van der Waals surface area contributed by atoms with Crippen molar-refractivity contribution in [2.45, 2.75) is 104 Å². The van der Waals surface area contributed by atoms with Gasteiger partial charge in [0.2, 0.25) is 0 Å². The number of benzene rings is 2. The van der Waals surface area contributed by atoms with Crippen LogP contribution in [0.1, 0.15) is 150 Å². The molecular formula is C42H56O8S. The van der Waals surface area contributed by atoms with Gasteiger partial charge in [-0.25, -0.2) is 19.2 Å². The molecule has 2 aromatic rings. The molecule has 278 valence electrons. The largest absolute Gasteiger partial charge is 0.462 e. The number of thioether (sulfide) groups is 1. The molecule has 0 heterocycles. The van der Waals surface area contributed by atoms with Crippen molar-refractivity contribution < 1.29 is 38.1 Å². The molecule has 0 bridgehead atoms. The summed E-state index contributed by atoms with van der Waals surface area (Å²) in [5.74, 6) is -1.65. The van der Waals surface area contributed by atoms with E-state index in [2.05, 4.69) is 20.1 Å². The van der Waals surface area contributed by atoms with E-state index in [1.807, 2.05) is 32.1 Å². The van der Waals surface area contributed by atoms with E-state index in [4.69, 9.17) is 18.9 Å². The van der Waals surface area contributed by atoms with Crippen molar-refractivity contribution in [1.82, 2.24) is 0 Å². The maximum Gasteiger partial charge on any atom is 0.338 e. The molecular weight excluding hydrogens is 665 g/mol. The van der Waals surface area contributed by atoms with Crippen LogP contribution in [0.15, 0.2) is 67.8 Å². The van der Waals surface area contributed by atoms with E-state index in [9.17, 15) is 19.2 Å². The molecule has 2 rings (SSSR count). The summed E-state index contributed by atoms with van der Waals surface area (Å²) in [6.45, 7) is 14.6. The van der Waals surface area contributed by atoms with Crippen LogP contribution in [0.2, 0.25) is 0 Å². The van der Waals surface area contributed by atoms with Gasteiger partial charge in [0.1, 0.15) is 0 Å². The summed E-state index contributed by atoms with van der Waals surface area (Å²) in [7, 11) is 0. The number of unbranched alkanes of at least 4 members (excludes halogenated alkanes) is 7. The van der Waals surface area contributed by atoms with Gasteiger partial charge in [-0.2, -0.15) is 0 Å². The highest BCUT2D eigenvalue weighted by Gasteiger charge is 2.19. The number of carbonyl (C=O) groups excluding carboxylic acids is 4. The minimum Gasteiger partial charge on any atom is -0.462 e. The molecule has 0 fully saturated rings. The van der Waals surface area contributed by atoms with Gasteiger partial charge in [-0.15, -0.1) is 24.9 Å². The van der Waals surface area contributed by atoms with Gasteiger partial charge in [-0.3, -0.25) is 0 Å². The second-order valence-corrected chi connectivity index (χ2v) is 13.2. The number of esters is 4. The first kappa shape index (κ1) is 43.1. The molecule has 0 spiro atoms. The van der Waals surface area contributed by atoms with E-state index < -0.39 is 23.9 Å². The Labute approximate surface area is 309 Å². The Morgan fingerprint density at radius 3 is 1.41 bits per heavy atom. The summed E-state index contributed by atoms with van der Waals surface area (Å²) in [4.78, 5) is 53.1. The summed E-state index contributed by atoms with van der Waals surface area (Å²) >= 11 is 1.47. The predicted octanol–water partition coefficient (Wildman–Crippen LogP) is 10.7. The fourth-order valence-corrected chi connectivity index (χ4v) is 6.01. The lowest BCUT2D eigenvalue weighted by Gasteiger charge is -2.14. The average molecular weight is 721 g/mol. The molecule has 0 aliphatic heterocycles. The summed E-state index contributed by atoms with van der Waals surface area (Å²) < 4.78 is 22.0. The SMILES string of the molecule is C=CCCCCOC(=O)c1cc(CS/C(=C\CC)c2cc(C(=O)OCCCCC=C)cc(C(=O)OCCCCCC)c2)cc(C(=O)OCCC)c1. The molecule has 0 unspecified atom stereocenters. The molecule has 0 radical (unpaired) electrons. The fourth-order valence-electron chi connectivity index (χ4n) is 4.96. The molecule has 2 aromatic carbocycles. The van der Waals surface area contributed by atoms with Gasteiger partial charge in [0.25, 0.3) is 0 Å². The monoisotopic (exact) mass is 720 g/mol. The third-order valence-electron chi connectivity index (χ3n) is 7.68. The summed E-state index contributed by atoms with van der Waals surface area (Å²) in [6, 6.07) is 9.94. The maximum absolute atomic E-state index is 13.2. The lowest BCUT2D eigenvalue weighted by Crippen LogP contribution is -2.12.